The SMILES string of the molecule is C#CCNCC(C)(C)CO. The molecule has 0 spiro atoms. The van der Waals surface area contributed by atoms with Crippen molar-refractivity contribution in [2.75, 3.05) is 19.7 Å². The van der Waals surface area contributed by atoms with E-state index in [4.69, 9.17) is 11.5 Å². The monoisotopic (exact) mass is 141 g/mol. The lowest BCUT2D eigenvalue weighted by Crippen LogP contribution is -2.32. The molecular weight excluding hydrogens is 126 g/mol. The summed E-state index contributed by atoms with van der Waals surface area (Å²) in [7, 11) is 0. The van der Waals surface area contributed by atoms with E-state index in [-0.39, 0.29) is 12.0 Å². The fourth-order valence-electron chi connectivity index (χ4n) is 0.529. The van der Waals surface area contributed by atoms with E-state index in [1.54, 1.807) is 0 Å². The molecule has 0 aliphatic heterocycles. The minimum atomic E-state index is -0.0587. The van der Waals surface area contributed by atoms with Gasteiger partial charge in [-0.25, -0.2) is 0 Å². The Balaban J connectivity index is 3.39. The molecule has 0 aliphatic carbocycles. The third-order valence-electron chi connectivity index (χ3n) is 1.26. The van der Waals surface area contributed by atoms with Gasteiger partial charge in [0.2, 0.25) is 0 Å². The molecule has 2 nitrogen and oxygen atoms in total. The van der Waals surface area contributed by atoms with Crippen LogP contribution in [0, 0.1) is 17.8 Å². The Morgan fingerprint density at radius 3 is 2.60 bits per heavy atom. The van der Waals surface area contributed by atoms with Gasteiger partial charge >= 0.3 is 0 Å². The smallest absolute Gasteiger partial charge is 0.0574 e. The molecule has 0 aliphatic rings. The Hall–Kier alpha value is -0.520. The van der Waals surface area contributed by atoms with Crippen LogP contribution in [0.1, 0.15) is 13.8 Å². The zero-order valence-electron chi connectivity index (χ0n) is 6.65. The first-order chi connectivity index (χ1) is 4.62. The summed E-state index contributed by atoms with van der Waals surface area (Å²) in [6, 6.07) is 0. The quantitative estimate of drug-likeness (QED) is 0.434. The van der Waals surface area contributed by atoms with Crippen molar-refractivity contribution in [3.8, 4) is 12.3 Å². The van der Waals surface area contributed by atoms with Crippen molar-refractivity contribution in [2.45, 2.75) is 13.8 Å². The van der Waals surface area contributed by atoms with Gasteiger partial charge in [0.25, 0.3) is 0 Å². The first kappa shape index (κ1) is 9.48. The Labute approximate surface area is 62.6 Å². The molecule has 0 aromatic rings. The van der Waals surface area contributed by atoms with Crippen LogP contribution in [0.4, 0.5) is 0 Å². The fraction of sp³-hybridized carbons (Fsp3) is 0.750. The van der Waals surface area contributed by atoms with E-state index in [2.05, 4.69) is 11.2 Å². The standard InChI is InChI=1S/C8H15NO/c1-4-5-9-6-8(2,3)7-10/h1,9-10H,5-7H2,2-3H3. The number of terminal acetylenes is 1. The summed E-state index contributed by atoms with van der Waals surface area (Å²) in [4.78, 5) is 0. The molecule has 0 saturated carbocycles. The van der Waals surface area contributed by atoms with Crippen LogP contribution in [0.2, 0.25) is 0 Å². The molecule has 0 bridgehead atoms. The average molecular weight is 141 g/mol. The van der Waals surface area contributed by atoms with Crippen LogP contribution >= 0.6 is 0 Å². The van der Waals surface area contributed by atoms with Gasteiger partial charge in [0.05, 0.1) is 6.54 Å². The second-order valence-corrected chi connectivity index (χ2v) is 3.13. The molecule has 0 heterocycles. The number of rotatable bonds is 4. The van der Waals surface area contributed by atoms with Crippen molar-refractivity contribution >= 4 is 0 Å². The van der Waals surface area contributed by atoms with E-state index in [0.29, 0.717) is 6.54 Å². The van der Waals surface area contributed by atoms with Gasteiger partial charge in [-0.05, 0) is 0 Å². The summed E-state index contributed by atoms with van der Waals surface area (Å²) in [5.74, 6) is 2.47. The van der Waals surface area contributed by atoms with Crippen LogP contribution in [0.15, 0.2) is 0 Å². The second-order valence-electron chi connectivity index (χ2n) is 3.13. The molecule has 0 saturated heterocycles. The molecule has 0 aromatic carbocycles. The van der Waals surface area contributed by atoms with E-state index in [0.717, 1.165) is 6.54 Å². The highest BCUT2D eigenvalue weighted by Gasteiger charge is 2.14. The Morgan fingerprint density at radius 1 is 1.60 bits per heavy atom. The lowest BCUT2D eigenvalue weighted by Gasteiger charge is -2.20. The van der Waals surface area contributed by atoms with Crippen molar-refractivity contribution in [3.63, 3.8) is 0 Å². The number of hydrogen-bond acceptors (Lipinski definition) is 2. The van der Waals surface area contributed by atoms with E-state index in [1.165, 1.54) is 0 Å². The van der Waals surface area contributed by atoms with E-state index in [9.17, 15) is 0 Å². The van der Waals surface area contributed by atoms with Gasteiger partial charge in [-0.1, -0.05) is 19.8 Å². The molecule has 58 valence electrons. The molecule has 0 amide bonds. The summed E-state index contributed by atoms with van der Waals surface area (Å²) < 4.78 is 0. The van der Waals surface area contributed by atoms with Gasteiger partial charge in [-0.2, -0.15) is 0 Å². The molecule has 0 rings (SSSR count). The molecule has 0 aromatic heterocycles. The highest BCUT2D eigenvalue weighted by molar-refractivity contribution is 4.87. The molecule has 0 unspecified atom stereocenters. The highest BCUT2D eigenvalue weighted by Crippen LogP contribution is 2.10. The summed E-state index contributed by atoms with van der Waals surface area (Å²) in [5, 5.41) is 11.8. The minimum Gasteiger partial charge on any atom is -0.396 e. The molecule has 2 heteroatoms. The molecular formula is C8H15NO. The third-order valence-corrected chi connectivity index (χ3v) is 1.26. The van der Waals surface area contributed by atoms with Gasteiger partial charge < -0.3 is 10.4 Å². The topological polar surface area (TPSA) is 32.3 Å². The van der Waals surface area contributed by atoms with Crippen molar-refractivity contribution in [1.29, 1.82) is 0 Å². The molecule has 2 N–H and O–H groups in total. The van der Waals surface area contributed by atoms with Crippen molar-refractivity contribution in [2.24, 2.45) is 5.41 Å². The Bertz CT molecular complexity index is 124. The first-order valence-corrected chi connectivity index (χ1v) is 3.37. The predicted octanol–water partition coefficient (Wildman–Crippen LogP) is 0.228. The van der Waals surface area contributed by atoms with Gasteiger partial charge in [0, 0.05) is 18.6 Å². The van der Waals surface area contributed by atoms with Crippen molar-refractivity contribution in [3.05, 3.63) is 0 Å². The van der Waals surface area contributed by atoms with Gasteiger partial charge in [0.1, 0.15) is 0 Å². The van der Waals surface area contributed by atoms with E-state index < -0.39 is 0 Å². The lowest BCUT2D eigenvalue weighted by atomic mass is 9.95. The first-order valence-electron chi connectivity index (χ1n) is 3.37. The number of aliphatic hydroxyl groups is 1. The fourth-order valence-corrected chi connectivity index (χ4v) is 0.529. The van der Waals surface area contributed by atoms with E-state index in [1.807, 2.05) is 13.8 Å². The number of hydrogen-bond donors (Lipinski definition) is 2. The van der Waals surface area contributed by atoms with Crippen LogP contribution in [-0.2, 0) is 0 Å². The highest BCUT2D eigenvalue weighted by atomic mass is 16.3. The van der Waals surface area contributed by atoms with Crippen molar-refractivity contribution in [1.82, 2.24) is 5.32 Å². The number of aliphatic hydroxyl groups excluding tert-OH is 1. The van der Waals surface area contributed by atoms with Gasteiger partial charge in [0.15, 0.2) is 0 Å². The van der Waals surface area contributed by atoms with Gasteiger partial charge in [-0.15, -0.1) is 6.42 Å². The second kappa shape index (κ2) is 4.32. The third kappa shape index (κ3) is 4.37. The van der Waals surface area contributed by atoms with E-state index >= 15 is 0 Å². The summed E-state index contributed by atoms with van der Waals surface area (Å²) >= 11 is 0. The maximum Gasteiger partial charge on any atom is 0.0574 e. The summed E-state index contributed by atoms with van der Waals surface area (Å²) in [5.41, 5.74) is -0.0587. The minimum absolute atomic E-state index is 0.0587. The molecule has 0 atom stereocenters. The molecule has 10 heavy (non-hydrogen) atoms. The van der Waals surface area contributed by atoms with Crippen LogP contribution < -0.4 is 5.32 Å². The normalized spacial score (nSPS) is 11.0. The lowest BCUT2D eigenvalue weighted by molar-refractivity contribution is 0.158. The summed E-state index contributed by atoms with van der Waals surface area (Å²) in [6.45, 7) is 5.48. The molecule has 0 radical (unpaired) electrons. The van der Waals surface area contributed by atoms with Crippen LogP contribution in [0.3, 0.4) is 0 Å². The van der Waals surface area contributed by atoms with Crippen LogP contribution in [-0.4, -0.2) is 24.8 Å². The summed E-state index contributed by atoms with van der Waals surface area (Å²) in [6.07, 6.45) is 5.02. The van der Waals surface area contributed by atoms with Crippen LogP contribution in [0.5, 0.6) is 0 Å². The average Bonchev–Trinajstić information content (AvgIpc) is 1.89. The van der Waals surface area contributed by atoms with Gasteiger partial charge in [-0.3, -0.25) is 0 Å². The zero-order valence-corrected chi connectivity index (χ0v) is 6.65. The largest absolute Gasteiger partial charge is 0.396 e. The maximum atomic E-state index is 8.80. The maximum absolute atomic E-state index is 8.80. The predicted molar refractivity (Wildman–Crippen MR) is 42.6 cm³/mol. The van der Waals surface area contributed by atoms with Crippen molar-refractivity contribution < 1.29 is 5.11 Å². The Morgan fingerprint density at radius 2 is 2.20 bits per heavy atom. The van der Waals surface area contributed by atoms with Crippen LogP contribution in [0.25, 0.3) is 0 Å². The molecule has 0 fully saturated rings. The Kier molecular flexibility index (Phi) is 4.10. The zero-order chi connectivity index (χ0) is 8.04. The number of nitrogens with one attached hydrogen (secondary N) is 1.